The summed E-state index contributed by atoms with van der Waals surface area (Å²) in [6, 6.07) is -0.469. The van der Waals surface area contributed by atoms with Crippen LogP contribution in [0.4, 0.5) is 0 Å². The van der Waals surface area contributed by atoms with Gasteiger partial charge in [0.2, 0.25) is 5.91 Å². The molecule has 0 fully saturated rings. The lowest BCUT2D eigenvalue weighted by molar-refractivity contribution is -0.123. The molecular formula is C11H25ClN2O2. The van der Waals surface area contributed by atoms with Crippen molar-refractivity contribution in [3.63, 3.8) is 0 Å². The molecule has 0 spiro atoms. The number of hydrogen-bond donors (Lipinski definition) is 3. The maximum absolute atomic E-state index is 11.5. The first-order valence-corrected chi connectivity index (χ1v) is 5.74. The highest BCUT2D eigenvalue weighted by Crippen LogP contribution is 2.05. The summed E-state index contributed by atoms with van der Waals surface area (Å²) in [5.41, 5.74) is 5.74. The van der Waals surface area contributed by atoms with Crippen LogP contribution in [0.2, 0.25) is 0 Å². The smallest absolute Gasteiger partial charge is 0.237 e. The normalized spacial score (nSPS) is 15.8. The molecule has 0 aliphatic rings. The van der Waals surface area contributed by atoms with Crippen molar-refractivity contribution in [1.82, 2.24) is 5.32 Å². The number of aliphatic hydroxyl groups excluding tert-OH is 1. The van der Waals surface area contributed by atoms with Gasteiger partial charge >= 0.3 is 0 Å². The van der Waals surface area contributed by atoms with Crippen molar-refractivity contribution in [2.75, 3.05) is 6.54 Å². The number of carbonyl (C=O) groups is 1. The van der Waals surface area contributed by atoms with E-state index in [1.807, 2.05) is 20.8 Å². The largest absolute Gasteiger partial charge is 0.391 e. The van der Waals surface area contributed by atoms with Gasteiger partial charge in [-0.05, 0) is 12.3 Å². The Balaban J connectivity index is 0. The zero-order valence-corrected chi connectivity index (χ0v) is 11.2. The van der Waals surface area contributed by atoms with Crippen LogP contribution >= 0.6 is 12.4 Å². The van der Waals surface area contributed by atoms with E-state index in [1.54, 1.807) is 0 Å². The van der Waals surface area contributed by atoms with Gasteiger partial charge in [0.05, 0.1) is 12.1 Å². The lowest BCUT2D eigenvalue weighted by Crippen LogP contribution is -2.46. The minimum absolute atomic E-state index is 0. The van der Waals surface area contributed by atoms with Gasteiger partial charge in [-0.3, -0.25) is 4.79 Å². The van der Waals surface area contributed by atoms with E-state index in [4.69, 9.17) is 5.73 Å². The maximum atomic E-state index is 11.5. The molecule has 1 amide bonds. The number of nitrogens with two attached hydrogens (primary N) is 1. The highest BCUT2D eigenvalue weighted by Gasteiger charge is 2.19. The maximum Gasteiger partial charge on any atom is 0.237 e. The summed E-state index contributed by atoms with van der Waals surface area (Å²) in [5.74, 6) is 0.00724. The van der Waals surface area contributed by atoms with E-state index in [0.29, 0.717) is 13.0 Å². The van der Waals surface area contributed by atoms with Crippen molar-refractivity contribution in [2.24, 2.45) is 11.7 Å². The van der Waals surface area contributed by atoms with Crippen molar-refractivity contribution < 1.29 is 9.90 Å². The summed E-state index contributed by atoms with van der Waals surface area (Å²) in [7, 11) is 0. The Morgan fingerprint density at radius 2 is 2.00 bits per heavy atom. The van der Waals surface area contributed by atoms with E-state index in [-0.39, 0.29) is 24.2 Å². The van der Waals surface area contributed by atoms with Crippen LogP contribution in [0.15, 0.2) is 0 Å². The molecule has 0 aromatic heterocycles. The first-order valence-electron chi connectivity index (χ1n) is 5.74. The Bertz CT molecular complexity index is 191. The van der Waals surface area contributed by atoms with Crippen LogP contribution in [0.25, 0.3) is 0 Å². The van der Waals surface area contributed by atoms with Crippen LogP contribution in [0, 0.1) is 5.92 Å². The van der Waals surface area contributed by atoms with Crippen LogP contribution in [-0.2, 0) is 4.79 Å². The van der Waals surface area contributed by atoms with Gasteiger partial charge in [0.1, 0.15) is 0 Å². The molecule has 0 heterocycles. The number of hydrogen-bond acceptors (Lipinski definition) is 3. The fourth-order valence-electron chi connectivity index (χ4n) is 1.28. The van der Waals surface area contributed by atoms with Crippen molar-refractivity contribution in [3.8, 4) is 0 Å². The number of amides is 1. The average molecular weight is 253 g/mol. The van der Waals surface area contributed by atoms with Gasteiger partial charge < -0.3 is 16.2 Å². The van der Waals surface area contributed by atoms with Gasteiger partial charge in [0.25, 0.3) is 0 Å². The van der Waals surface area contributed by atoms with Gasteiger partial charge in [-0.25, -0.2) is 0 Å². The molecular weight excluding hydrogens is 228 g/mol. The highest BCUT2D eigenvalue weighted by molar-refractivity contribution is 5.85. The van der Waals surface area contributed by atoms with Crippen molar-refractivity contribution in [1.29, 1.82) is 0 Å². The van der Waals surface area contributed by atoms with Crippen molar-refractivity contribution >= 4 is 18.3 Å². The number of aliphatic hydroxyl groups is 1. The second-order valence-corrected chi connectivity index (χ2v) is 4.10. The SMILES string of the molecule is CCCC(O)CNC(=O)C(N)C(C)CC.Cl. The molecule has 3 unspecified atom stereocenters. The van der Waals surface area contributed by atoms with E-state index < -0.39 is 12.1 Å². The average Bonchev–Trinajstić information content (AvgIpc) is 2.24. The molecule has 16 heavy (non-hydrogen) atoms. The molecule has 4 N–H and O–H groups in total. The molecule has 0 aromatic rings. The summed E-state index contributed by atoms with van der Waals surface area (Å²) < 4.78 is 0. The van der Waals surface area contributed by atoms with Gasteiger partial charge in [-0.2, -0.15) is 0 Å². The monoisotopic (exact) mass is 252 g/mol. The molecule has 0 bridgehead atoms. The molecule has 0 saturated heterocycles. The third-order valence-corrected chi connectivity index (χ3v) is 2.69. The summed E-state index contributed by atoms with van der Waals surface area (Å²) >= 11 is 0. The lowest BCUT2D eigenvalue weighted by Gasteiger charge is -2.19. The highest BCUT2D eigenvalue weighted by atomic mass is 35.5. The molecule has 3 atom stereocenters. The summed E-state index contributed by atoms with van der Waals surface area (Å²) in [5, 5.41) is 12.1. The lowest BCUT2D eigenvalue weighted by atomic mass is 9.99. The topological polar surface area (TPSA) is 75.3 Å². The molecule has 0 aromatic carbocycles. The predicted octanol–water partition coefficient (Wildman–Crippen LogP) is 1.06. The summed E-state index contributed by atoms with van der Waals surface area (Å²) in [6.45, 7) is 6.25. The van der Waals surface area contributed by atoms with Crippen LogP contribution in [0.1, 0.15) is 40.0 Å². The number of carbonyl (C=O) groups excluding carboxylic acids is 1. The second-order valence-electron chi connectivity index (χ2n) is 4.10. The first-order chi connectivity index (χ1) is 7.02. The minimum atomic E-state index is -0.469. The van der Waals surface area contributed by atoms with Gasteiger partial charge in [0, 0.05) is 6.54 Å². The fourth-order valence-corrected chi connectivity index (χ4v) is 1.28. The van der Waals surface area contributed by atoms with Crippen LogP contribution < -0.4 is 11.1 Å². The van der Waals surface area contributed by atoms with E-state index in [0.717, 1.165) is 12.8 Å². The molecule has 0 radical (unpaired) electrons. The van der Waals surface area contributed by atoms with E-state index >= 15 is 0 Å². The number of rotatable bonds is 7. The number of halogens is 1. The Morgan fingerprint density at radius 1 is 1.44 bits per heavy atom. The zero-order valence-electron chi connectivity index (χ0n) is 10.4. The Hall–Kier alpha value is -0.320. The molecule has 0 saturated carbocycles. The zero-order chi connectivity index (χ0) is 11.8. The van der Waals surface area contributed by atoms with Gasteiger partial charge in [0.15, 0.2) is 0 Å². The molecule has 4 nitrogen and oxygen atoms in total. The molecule has 0 aliphatic heterocycles. The van der Waals surface area contributed by atoms with Gasteiger partial charge in [-0.1, -0.05) is 33.6 Å². The summed E-state index contributed by atoms with van der Waals surface area (Å²) in [6.07, 6.45) is 2.04. The summed E-state index contributed by atoms with van der Waals surface area (Å²) in [4.78, 5) is 11.5. The third-order valence-electron chi connectivity index (χ3n) is 2.69. The van der Waals surface area contributed by atoms with E-state index in [9.17, 15) is 9.90 Å². The standard InChI is InChI=1S/C11H24N2O2.ClH/c1-4-6-9(14)7-13-11(15)10(12)8(3)5-2;/h8-10,14H,4-7,12H2,1-3H3,(H,13,15);1H. The van der Waals surface area contributed by atoms with E-state index in [1.165, 1.54) is 0 Å². The first kappa shape index (κ1) is 18.1. The molecule has 0 aliphatic carbocycles. The third kappa shape index (κ3) is 7.04. The van der Waals surface area contributed by atoms with Crippen LogP contribution in [0.5, 0.6) is 0 Å². The quantitative estimate of drug-likeness (QED) is 0.634. The van der Waals surface area contributed by atoms with E-state index in [2.05, 4.69) is 5.32 Å². The van der Waals surface area contributed by atoms with Crippen LogP contribution in [-0.4, -0.2) is 29.7 Å². The van der Waals surface area contributed by atoms with Gasteiger partial charge in [-0.15, -0.1) is 12.4 Å². The number of nitrogens with one attached hydrogen (secondary N) is 1. The Morgan fingerprint density at radius 3 is 2.44 bits per heavy atom. The Labute approximate surface area is 104 Å². The molecule has 98 valence electrons. The van der Waals surface area contributed by atoms with Crippen LogP contribution in [0.3, 0.4) is 0 Å². The predicted molar refractivity (Wildman–Crippen MR) is 68.6 cm³/mol. The van der Waals surface area contributed by atoms with Crippen molar-refractivity contribution in [2.45, 2.75) is 52.2 Å². The fraction of sp³-hybridized carbons (Fsp3) is 0.909. The second kappa shape index (κ2) is 9.87. The minimum Gasteiger partial charge on any atom is -0.391 e. The molecule has 5 heteroatoms. The molecule has 0 rings (SSSR count). The van der Waals surface area contributed by atoms with Crippen molar-refractivity contribution in [3.05, 3.63) is 0 Å². The Kier molecular flexibility index (Phi) is 11.1.